The molecule has 2 aromatic heterocycles. The second kappa shape index (κ2) is 8.91. The number of aromatic nitrogens is 2. The molecule has 0 saturated carbocycles. The molecule has 3 rings (SSSR count). The molecule has 0 saturated heterocycles. The van der Waals surface area contributed by atoms with E-state index < -0.39 is 11.7 Å². The molecule has 0 aliphatic rings. The first kappa shape index (κ1) is 21.2. The van der Waals surface area contributed by atoms with Gasteiger partial charge in [0.25, 0.3) is 11.5 Å². The van der Waals surface area contributed by atoms with Gasteiger partial charge in [0.2, 0.25) is 0 Å². The molecule has 0 bridgehead atoms. The van der Waals surface area contributed by atoms with E-state index in [1.54, 1.807) is 13.0 Å². The van der Waals surface area contributed by atoms with Crippen LogP contribution in [-0.2, 0) is 11.9 Å². The van der Waals surface area contributed by atoms with Gasteiger partial charge < -0.3 is 10.4 Å². The number of pyridine rings is 1. The summed E-state index contributed by atoms with van der Waals surface area (Å²) in [6.45, 7) is 1.37. The summed E-state index contributed by atoms with van der Waals surface area (Å²) in [4.78, 5) is 35.0. The standard InChI is InChI=1S/C18H19FN4O4S2/c1-9-4-5-11(10(19)8-9)20-15-12(16(25)22-27-7-6-24)13-14(17(26)23(15)2)29-18(21-13)28-3/h4-5,8,20,24H,6-7H2,1-3H3,(H,22,25). The third kappa shape index (κ3) is 4.27. The average molecular weight is 439 g/mol. The molecule has 0 fully saturated rings. The van der Waals surface area contributed by atoms with E-state index in [-0.39, 0.29) is 41.4 Å². The molecule has 1 aromatic carbocycles. The Labute approximate surface area is 173 Å². The van der Waals surface area contributed by atoms with Gasteiger partial charge in [0.15, 0.2) is 4.34 Å². The molecule has 0 aliphatic heterocycles. The zero-order valence-electron chi connectivity index (χ0n) is 15.9. The smallest absolute Gasteiger partial charge is 0.280 e. The molecule has 0 spiro atoms. The fraction of sp³-hybridized carbons (Fsp3) is 0.278. The molecule has 3 N–H and O–H groups in total. The Balaban J connectivity index is 2.20. The number of carbonyl (C=O) groups is 1. The summed E-state index contributed by atoms with van der Waals surface area (Å²) in [6, 6.07) is 4.58. The van der Waals surface area contributed by atoms with Crippen molar-refractivity contribution < 1.29 is 19.1 Å². The van der Waals surface area contributed by atoms with Crippen LogP contribution in [0.3, 0.4) is 0 Å². The number of hydroxylamine groups is 1. The number of nitrogens with zero attached hydrogens (tertiary/aromatic N) is 2. The van der Waals surface area contributed by atoms with Crippen LogP contribution in [0.2, 0.25) is 0 Å². The molecule has 3 aromatic rings. The van der Waals surface area contributed by atoms with Gasteiger partial charge in [-0.3, -0.25) is 19.0 Å². The highest BCUT2D eigenvalue weighted by atomic mass is 32.2. The lowest BCUT2D eigenvalue weighted by Crippen LogP contribution is -2.30. The van der Waals surface area contributed by atoms with Crippen LogP contribution in [0.15, 0.2) is 27.3 Å². The lowest BCUT2D eigenvalue weighted by atomic mass is 10.2. The molecule has 0 unspecified atom stereocenters. The van der Waals surface area contributed by atoms with Crippen LogP contribution in [0, 0.1) is 12.7 Å². The predicted octanol–water partition coefficient (Wildman–Crippen LogP) is 2.56. The summed E-state index contributed by atoms with van der Waals surface area (Å²) in [5.41, 5.74) is 2.94. The van der Waals surface area contributed by atoms with E-state index in [0.29, 0.717) is 9.04 Å². The van der Waals surface area contributed by atoms with Gasteiger partial charge in [0.1, 0.15) is 27.4 Å². The summed E-state index contributed by atoms with van der Waals surface area (Å²) >= 11 is 2.52. The molecule has 11 heteroatoms. The topological polar surface area (TPSA) is 105 Å². The maximum absolute atomic E-state index is 14.4. The molecule has 0 atom stereocenters. The molecule has 1 amide bonds. The molecule has 2 heterocycles. The van der Waals surface area contributed by atoms with E-state index in [9.17, 15) is 14.0 Å². The normalized spacial score (nSPS) is 11.1. The van der Waals surface area contributed by atoms with Crippen molar-refractivity contribution in [3.63, 3.8) is 0 Å². The Morgan fingerprint density at radius 1 is 1.45 bits per heavy atom. The van der Waals surface area contributed by atoms with Crippen molar-refractivity contribution in [3.05, 3.63) is 45.5 Å². The number of hydrogen-bond acceptors (Lipinski definition) is 8. The van der Waals surface area contributed by atoms with Crippen molar-refractivity contribution in [2.75, 3.05) is 24.8 Å². The van der Waals surface area contributed by atoms with E-state index in [0.717, 1.165) is 5.56 Å². The van der Waals surface area contributed by atoms with E-state index in [4.69, 9.17) is 9.94 Å². The number of thioether (sulfide) groups is 1. The first-order valence-electron chi connectivity index (χ1n) is 8.51. The Morgan fingerprint density at radius 3 is 2.86 bits per heavy atom. The molecular weight excluding hydrogens is 419 g/mol. The number of aliphatic hydroxyl groups is 1. The van der Waals surface area contributed by atoms with E-state index in [2.05, 4.69) is 15.8 Å². The number of amides is 1. The number of carbonyl (C=O) groups excluding carboxylic acids is 1. The SMILES string of the molecule is CSc1nc2c(C(=O)NOCCO)c(Nc3ccc(C)cc3F)n(C)c(=O)c2s1. The maximum atomic E-state index is 14.4. The summed E-state index contributed by atoms with van der Waals surface area (Å²) in [5.74, 6) is -1.12. The fourth-order valence-corrected chi connectivity index (χ4v) is 4.21. The summed E-state index contributed by atoms with van der Waals surface area (Å²) in [5, 5.41) is 11.7. The third-order valence-corrected chi connectivity index (χ3v) is 6.08. The zero-order valence-corrected chi connectivity index (χ0v) is 17.5. The van der Waals surface area contributed by atoms with Crippen LogP contribution < -0.4 is 16.4 Å². The second-order valence-electron chi connectivity index (χ2n) is 6.06. The van der Waals surface area contributed by atoms with Crippen LogP contribution in [0.5, 0.6) is 0 Å². The zero-order chi connectivity index (χ0) is 21.1. The van der Waals surface area contributed by atoms with Crippen LogP contribution in [0.1, 0.15) is 15.9 Å². The highest BCUT2D eigenvalue weighted by Gasteiger charge is 2.25. The fourth-order valence-electron chi connectivity index (χ4n) is 2.66. The van der Waals surface area contributed by atoms with Crippen LogP contribution in [-0.4, -0.2) is 40.0 Å². The van der Waals surface area contributed by atoms with Gasteiger partial charge in [0, 0.05) is 7.05 Å². The third-order valence-electron chi connectivity index (χ3n) is 4.05. The van der Waals surface area contributed by atoms with Crippen molar-refractivity contribution in [3.8, 4) is 0 Å². The minimum absolute atomic E-state index is 0.0385. The monoisotopic (exact) mass is 438 g/mol. The quantitative estimate of drug-likeness (QED) is 0.296. The number of aryl methyl sites for hydroxylation is 1. The minimum atomic E-state index is -0.674. The maximum Gasteiger partial charge on any atom is 0.280 e. The largest absolute Gasteiger partial charge is 0.394 e. The highest BCUT2D eigenvalue weighted by molar-refractivity contribution is 8.00. The first-order chi connectivity index (χ1) is 13.9. The van der Waals surface area contributed by atoms with Gasteiger partial charge in [-0.1, -0.05) is 17.8 Å². The lowest BCUT2D eigenvalue weighted by Gasteiger charge is -2.17. The van der Waals surface area contributed by atoms with Gasteiger partial charge in [0.05, 0.1) is 18.9 Å². The first-order valence-corrected chi connectivity index (χ1v) is 10.5. The number of anilines is 2. The van der Waals surface area contributed by atoms with Crippen molar-refractivity contribution in [2.45, 2.75) is 11.3 Å². The van der Waals surface area contributed by atoms with Crippen LogP contribution in [0.4, 0.5) is 15.9 Å². The number of benzene rings is 1. The summed E-state index contributed by atoms with van der Waals surface area (Å²) in [7, 11) is 1.49. The van der Waals surface area contributed by atoms with Crippen molar-refractivity contribution in [2.24, 2.45) is 7.05 Å². The van der Waals surface area contributed by atoms with Gasteiger partial charge in [-0.2, -0.15) is 0 Å². The van der Waals surface area contributed by atoms with Crippen LogP contribution in [0.25, 0.3) is 10.2 Å². The Kier molecular flexibility index (Phi) is 6.52. The molecular formula is C18H19FN4O4S2. The Bertz CT molecular complexity index is 1130. The summed E-state index contributed by atoms with van der Waals surface area (Å²) < 4.78 is 16.6. The molecule has 8 nitrogen and oxygen atoms in total. The number of hydrogen-bond donors (Lipinski definition) is 3. The molecule has 0 aliphatic carbocycles. The average Bonchev–Trinajstić information content (AvgIpc) is 3.12. The van der Waals surface area contributed by atoms with Crippen LogP contribution >= 0.6 is 23.1 Å². The Hall–Kier alpha value is -2.47. The number of nitrogens with one attached hydrogen (secondary N) is 2. The van der Waals surface area contributed by atoms with Crippen molar-refractivity contribution >= 4 is 50.7 Å². The second-order valence-corrected chi connectivity index (χ2v) is 8.11. The highest BCUT2D eigenvalue weighted by Crippen LogP contribution is 2.32. The van der Waals surface area contributed by atoms with Gasteiger partial charge in [-0.15, -0.1) is 11.3 Å². The van der Waals surface area contributed by atoms with E-state index in [1.807, 2.05) is 6.26 Å². The number of fused-ring (bicyclic) bond motifs is 1. The van der Waals surface area contributed by atoms with E-state index >= 15 is 0 Å². The number of rotatable bonds is 7. The van der Waals surface area contributed by atoms with E-state index in [1.165, 1.54) is 46.8 Å². The van der Waals surface area contributed by atoms with Crippen molar-refractivity contribution in [1.82, 2.24) is 15.0 Å². The Morgan fingerprint density at radius 2 is 2.21 bits per heavy atom. The van der Waals surface area contributed by atoms with Gasteiger partial charge in [-0.05, 0) is 30.9 Å². The predicted molar refractivity (Wildman–Crippen MR) is 112 cm³/mol. The lowest BCUT2D eigenvalue weighted by molar-refractivity contribution is 0.0169. The van der Waals surface area contributed by atoms with Gasteiger partial charge >= 0.3 is 0 Å². The van der Waals surface area contributed by atoms with Crippen molar-refractivity contribution in [1.29, 1.82) is 0 Å². The number of aliphatic hydroxyl groups excluding tert-OH is 1. The molecule has 29 heavy (non-hydrogen) atoms. The summed E-state index contributed by atoms with van der Waals surface area (Å²) in [6.07, 6.45) is 1.81. The molecule has 0 radical (unpaired) electrons. The molecule has 154 valence electrons. The number of halogens is 1. The van der Waals surface area contributed by atoms with Gasteiger partial charge in [-0.25, -0.2) is 14.9 Å². The minimum Gasteiger partial charge on any atom is -0.394 e. The number of thiazole rings is 1.